The van der Waals surface area contributed by atoms with Gasteiger partial charge in [-0.3, -0.25) is 24.1 Å². The number of rotatable bonds is 5. The second kappa shape index (κ2) is 8.19. The third kappa shape index (κ3) is 3.55. The van der Waals surface area contributed by atoms with Crippen LogP contribution >= 0.6 is 46.4 Å². The summed E-state index contributed by atoms with van der Waals surface area (Å²) in [4.78, 5) is 50.5. The summed E-state index contributed by atoms with van der Waals surface area (Å²) >= 11 is 24.5. The number of nitrogens with one attached hydrogen (secondary N) is 1. The molecule has 1 N–H and O–H groups in total. The molecule has 0 radical (unpaired) electrons. The maximum atomic E-state index is 12.7. The van der Waals surface area contributed by atoms with Crippen molar-refractivity contribution in [1.82, 2.24) is 4.90 Å². The van der Waals surface area contributed by atoms with Crippen molar-refractivity contribution in [1.29, 1.82) is 0 Å². The van der Waals surface area contributed by atoms with E-state index >= 15 is 0 Å². The molecule has 0 spiro atoms. The molecule has 2 aliphatic carbocycles. The minimum Gasteiger partial charge on any atom is -0.454 e. The van der Waals surface area contributed by atoms with E-state index in [0.717, 1.165) is 4.90 Å². The summed E-state index contributed by atoms with van der Waals surface area (Å²) in [7, 11) is 0. The van der Waals surface area contributed by atoms with Gasteiger partial charge in [-0.05, 0) is 30.4 Å². The smallest absolute Gasteiger partial charge is 0.326 e. The maximum Gasteiger partial charge on any atom is 0.326 e. The third-order valence-corrected chi connectivity index (χ3v) is 8.09. The quantitative estimate of drug-likeness (QED) is 0.386. The van der Waals surface area contributed by atoms with Crippen LogP contribution in [0.15, 0.2) is 18.2 Å². The Balaban J connectivity index is 1.33. The van der Waals surface area contributed by atoms with Crippen LogP contribution < -0.4 is 5.32 Å². The van der Waals surface area contributed by atoms with Gasteiger partial charge >= 0.3 is 5.97 Å². The van der Waals surface area contributed by atoms with Gasteiger partial charge in [0.05, 0.1) is 38.3 Å². The fraction of sp³-hybridized carbons (Fsp3) is 0.474. The second-order valence-corrected chi connectivity index (χ2v) is 9.37. The SMILES string of the molecule is O=C(COC(=O)CN1C(=O)[C@@H]2[C@H]3C[C@@H]([C@H](Cl)[C@H]3Cl)[C@@H]2C1=O)Nc1cccc(Cl)c1Cl. The van der Waals surface area contributed by atoms with Crippen molar-refractivity contribution in [3.05, 3.63) is 28.2 Å². The van der Waals surface area contributed by atoms with E-state index in [1.165, 1.54) is 6.07 Å². The fourth-order valence-electron chi connectivity index (χ4n) is 4.67. The highest BCUT2D eigenvalue weighted by Crippen LogP contribution is 2.59. The van der Waals surface area contributed by atoms with E-state index in [0.29, 0.717) is 6.42 Å². The van der Waals surface area contributed by atoms with Gasteiger partial charge in [-0.25, -0.2) is 0 Å². The lowest BCUT2D eigenvalue weighted by Gasteiger charge is -2.28. The van der Waals surface area contributed by atoms with Crippen molar-refractivity contribution >= 4 is 75.8 Å². The number of imide groups is 1. The molecular weight excluding hydrogens is 478 g/mol. The number of hydrogen-bond donors (Lipinski definition) is 1. The summed E-state index contributed by atoms with van der Waals surface area (Å²) in [6, 6.07) is 4.70. The van der Waals surface area contributed by atoms with E-state index in [2.05, 4.69) is 5.32 Å². The first-order chi connectivity index (χ1) is 14.2. The van der Waals surface area contributed by atoms with Crippen LogP contribution in [0.2, 0.25) is 10.0 Å². The number of nitrogens with zero attached hydrogens (tertiary/aromatic N) is 1. The van der Waals surface area contributed by atoms with Gasteiger partial charge in [0.1, 0.15) is 6.54 Å². The molecule has 1 saturated heterocycles. The predicted octanol–water partition coefficient (Wildman–Crippen LogP) is 2.94. The van der Waals surface area contributed by atoms with Gasteiger partial charge in [0.2, 0.25) is 11.8 Å². The molecule has 3 amide bonds. The number of benzene rings is 1. The Kier molecular flexibility index (Phi) is 5.92. The zero-order valence-corrected chi connectivity index (χ0v) is 18.3. The number of halogens is 4. The summed E-state index contributed by atoms with van der Waals surface area (Å²) in [6.45, 7) is -1.17. The number of carbonyl (C=O) groups is 4. The number of carbonyl (C=O) groups excluding carboxylic acids is 4. The number of esters is 1. The Bertz CT molecular complexity index is 909. The Hall–Kier alpha value is -1.54. The van der Waals surface area contributed by atoms with Crippen molar-refractivity contribution in [3.63, 3.8) is 0 Å². The second-order valence-electron chi connectivity index (χ2n) is 7.58. The summed E-state index contributed by atoms with van der Waals surface area (Å²) in [5.74, 6) is -3.80. The molecule has 1 heterocycles. The Morgan fingerprint density at radius 2 is 1.67 bits per heavy atom. The van der Waals surface area contributed by atoms with Crippen LogP contribution in [0.25, 0.3) is 0 Å². The molecule has 6 atom stereocenters. The molecule has 7 nitrogen and oxygen atoms in total. The number of amides is 3. The average Bonchev–Trinajstić information content (AvgIpc) is 3.31. The highest BCUT2D eigenvalue weighted by atomic mass is 35.5. The first kappa shape index (κ1) is 21.7. The van der Waals surface area contributed by atoms with Crippen LogP contribution in [0.1, 0.15) is 6.42 Å². The molecule has 1 aliphatic heterocycles. The van der Waals surface area contributed by atoms with Crippen molar-refractivity contribution in [2.75, 3.05) is 18.5 Å². The molecule has 1 aromatic carbocycles. The third-order valence-electron chi connectivity index (χ3n) is 5.96. The van der Waals surface area contributed by atoms with E-state index in [9.17, 15) is 19.2 Å². The van der Waals surface area contributed by atoms with E-state index in [4.69, 9.17) is 51.1 Å². The fourth-order valence-corrected chi connectivity index (χ4v) is 5.91. The summed E-state index contributed by atoms with van der Waals surface area (Å²) in [5.41, 5.74) is 0.268. The summed E-state index contributed by atoms with van der Waals surface area (Å²) < 4.78 is 4.91. The van der Waals surface area contributed by atoms with E-state index in [1.807, 2.05) is 0 Å². The topological polar surface area (TPSA) is 92.8 Å². The summed E-state index contributed by atoms with van der Waals surface area (Å²) in [6.07, 6.45) is 0.639. The lowest BCUT2D eigenvalue weighted by atomic mass is 9.80. The minimum atomic E-state index is -0.874. The van der Waals surface area contributed by atoms with Gasteiger partial charge in [0.25, 0.3) is 5.91 Å². The molecule has 4 rings (SSSR count). The number of anilines is 1. The van der Waals surface area contributed by atoms with Crippen LogP contribution in [-0.4, -0.2) is 52.5 Å². The van der Waals surface area contributed by atoms with Crippen molar-refractivity contribution in [2.24, 2.45) is 23.7 Å². The number of fused-ring (bicyclic) bond motifs is 5. The van der Waals surface area contributed by atoms with Crippen LogP contribution in [0.3, 0.4) is 0 Å². The Labute approximate surface area is 191 Å². The number of likely N-dealkylation sites (tertiary alicyclic amines) is 1. The van der Waals surface area contributed by atoms with E-state index < -0.39 is 48.7 Å². The van der Waals surface area contributed by atoms with Crippen LogP contribution in [0.5, 0.6) is 0 Å². The summed E-state index contributed by atoms with van der Waals surface area (Å²) in [5, 5.41) is 2.14. The zero-order valence-electron chi connectivity index (χ0n) is 15.3. The molecule has 2 saturated carbocycles. The average molecular weight is 494 g/mol. The minimum absolute atomic E-state index is 0.156. The van der Waals surface area contributed by atoms with Crippen LogP contribution in [0.4, 0.5) is 5.69 Å². The first-order valence-corrected chi connectivity index (χ1v) is 10.9. The van der Waals surface area contributed by atoms with Crippen LogP contribution in [0, 0.1) is 23.7 Å². The van der Waals surface area contributed by atoms with Gasteiger partial charge in [0.15, 0.2) is 6.61 Å². The number of ether oxygens (including phenoxy) is 1. The molecular formula is C19H16Cl4N2O5. The predicted molar refractivity (Wildman–Crippen MR) is 111 cm³/mol. The lowest BCUT2D eigenvalue weighted by Crippen LogP contribution is -2.38. The lowest BCUT2D eigenvalue weighted by molar-refractivity contribution is -0.154. The number of alkyl halides is 2. The molecule has 3 fully saturated rings. The molecule has 30 heavy (non-hydrogen) atoms. The van der Waals surface area contributed by atoms with Crippen molar-refractivity contribution in [2.45, 2.75) is 17.2 Å². The van der Waals surface area contributed by atoms with Gasteiger partial charge in [-0.2, -0.15) is 0 Å². The highest BCUT2D eigenvalue weighted by Gasteiger charge is 2.66. The maximum absolute atomic E-state index is 12.7. The van der Waals surface area contributed by atoms with Crippen molar-refractivity contribution in [3.8, 4) is 0 Å². The van der Waals surface area contributed by atoms with Gasteiger partial charge in [0, 0.05) is 0 Å². The van der Waals surface area contributed by atoms with Gasteiger partial charge in [-0.1, -0.05) is 29.3 Å². The monoisotopic (exact) mass is 492 g/mol. The molecule has 160 valence electrons. The Morgan fingerprint density at radius 1 is 1.07 bits per heavy atom. The normalized spacial score (nSPS) is 31.8. The Morgan fingerprint density at radius 3 is 2.27 bits per heavy atom. The van der Waals surface area contributed by atoms with Crippen LogP contribution in [-0.2, 0) is 23.9 Å². The van der Waals surface area contributed by atoms with Gasteiger partial charge in [-0.15, -0.1) is 23.2 Å². The molecule has 3 aliphatic rings. The molecule has 11 heteroatoms. The van der Waals surface area contributed by atoms with E-state index in [-0.39, 0.29) is 38.3 Å². The zero-order chi connectivity index (χ0) is 21.7. The number of hydrogen-bond acceptors (Lipinski definition) is 5. The standard InChI is InChI=1S/C19H16Cl4N2O5/c20-9-2-1-3-10(17(9)23)24-11(26)6-30-12(27)5-25-18(28)13-7-4-8(14(13)19(25)29)16(22)15(7)21/h1-3,7-8,13-16H,4-6H2,(H,24,26)/t7-,8-,13-,14+,15+,16+/m1/s1. The highest BCUT2D eigenvalue weighted by molar-refractivity contribution is 6.44. The van der Waals surface area contributed by atoms with Gasteiger partial charge < -0.3 is 10.1 Å². The van der Waals surface area contributed by atoms with Crippen molar-refractivity contribution < 1.29 is 23.9 Å². The molecule has 0 aromatic heterocycles. The van der Waals surface area contributed by atoms with E-state index in [1.54, 1.807) is 12.1 Å². The molecule has 2 bridgehead atoms. The molecule has 1 aromatic rings. The largest absolute Gasteiger partial charge is 0.454 e. The first-order valence-electron chi connectivity index (χ1n) is 9.23. The molecule has 0 unspecified atom stereocenters.